The van der Waals surface area contributed by atoms with Crippen molar-refractivity contribution in [1.29, 1.82) is 0 Å². The second-order valence-corrected chi connectivity index (χ2v) is 6.61. The zero-order valence-corrected chi connectivity index (χ0v) is 13.3. The van der Waals surface area contributed by atoms with E-state index in [4.69, 9.17) is 4.74 Å². The van der Waals surface area contributed by atoms with E-state index in [1.807, 2.05) is 18.2 Å². The molecule has 7 heteroatoms. The van der Waals surface area contributed by atoms with Gasteiger partial charge in [0, 0.05) is 13.0 Å². The predicted molar refractivity (Wildman–Crippen MR) is 85.5 cm³/mol. The molecule has 126 valence electrons. The topological polar surface area (TPSA) is 91.3 Å². The first-order chi connectivity index (χ1) is 11.7. The minimum Gasteiger partial charge on any atom is -0.492 e. The highest BCUT2D eigenvalue weighted by Crippen LogP contribution is 2.33. The summed E-state index contributed by atoms with van der Waals surface area (Å²) in [6.45, 7) is 1.33. The molecule has 1 atom stereocenters. The summed E-state index contributed by atoms with van der Waals surface area (Å²) < 4.78 is 5.83. The van der Waals surface area contributed by atoms with Crippen molar-refractivity contribution in [3.05, 3.63) is 41.7 Å². The van der Waals surface area contributed by atoms with E-state index in [0.29, 0.717) is 42.5 Å². The van der Waals surface area contributed by atoms with Crippen molar-refractivity contribution in [2.45, 2.75) is 24.9 Å². The molecule has 2 fully saturated rings. The van der Waals surface area contributed by atoms with Gasteiger partial charge < -0.3 is 14.7 Å². The Labute approximate surface area is 139 Å². The summed E-state index contributed by atoms with van der Waals surface area (Å²) in [5, 5.41) is 20.9. The maximum absolute atomic E-state index is 12.9. The van der Waals surface area contributed by atoms with Gasteiger partial charge in [0.1, 0.15) is 17.0 Å². The van der Waals surface area contributed by atoms with Crippen LogP contribution in [0, 0.1) is 5.92 Å². The van der Waals surface area contributed by atoms with Gasteiger partial charge in [-0.25, -0.2) is 0 Å². The van der Waals surface area contributed by atoms with Crippen molar-refractivity contribution in [3.8, 4) is 5.75 Å². The first kappa shape index (κ1) is 15.1. The number of aliphatic hydroxyl groups is 1. The molecular weight excluding hydrogens is 308 g/mol. The van der Waals surface area contributed by atoms with E-state index in [0.717, 1.165) is 0 Å². The molecule has 1 amide bonds. The van der Waals surface area contributed by atoms with E-state index in [1.165, 1.54) is 19.0 Å². The van der Waals surface area contributed by atoms with Gasteiger partial charge in [-0.2, -0.15) is 15.4 Å². The van der Waals surface area contributed by atoms with Crippen LogP contribution in [0.2, 0.25) is 0 Å². The Morgan fingerprint density at radius 2 is 2.25 bits per heavy atom. The highest BCUT2D eigenvalue weighted by molar-refractivity contribution is 5.97. The maximum atomic E-state index is 12.9. The number of β-amino-alcohol motifs (C(OH)–C–C–N with tert-alkyl or cyclic N) is 1. The predicted octanol–water partition coefficient (Wildman–Crippen LogP) is 1.33. The molecule has 1 saturated carbocycles. The molecule has 4 rings (SSSR count). The third-order valence-corrected chi connectivity index (χ3v) is 4.72. The summed E-state index contributed by atoms with van der Waals surface area (Å²) in [4.78, 5) is 14.5. The van der Waals surface area contributed by atoms with Crippen LogP contribution in [0.15, 0.2) is 30.5 Å². The van der Waals surface area contributed by atoms with E-state index in [9.17, 15) is 9.90 Å². The molecule has 0 bridgehead atoms. The summed E-state index contributed by atoms with van der Waals surface area (Å²) in [5.74, 6) is 1.12. The number of ether oxygens (including phenoxy) is 1. The van der Waals surface area contributed by atoms with Gasteiger partial charge in [-0.1, -0.05) is 12.1 Å². The highest BCUT2D eigenvalue weighted by Gasteiger charge is 2.42. The Bertz CT molecular complexity index is 729. The Hall–Kier alpha value is -2.41. The number of carbonyl (C=O) groups is 1. The number of likely N-dealkylation sites (tertiary alicyclic amines) is 1. The van der Waals surface area contributed by atoms with E-state index >= 15 is 0 Å². The van der Waals surface area contributed by atoms with Gasteiger partial charge in [-0.15, -0.1) is 0 Å². The minimum atomic E-state index is -1.15. The lowest BCUT2D eigenvalue weighted by atomic mass is 10.00. The monoisotopic (exact) mass is 328 g/mol. The zero-order chi connectivity index (χ0) is 16.6. The van der Waals surface area contributed by atoms with Gasteiger partial charge in [-0.3, -0.25) is 4.79 Å². The number of rotatable bonds is 5. The fourth-order valence-electron chi connectivity index (χ4n) is 3.03. The standard InChI is InChI=1S/C17H20N4O3/c22-16(13-3-1-2-4-14(13)24-10-12-5-6-12)21-8-7-17(23,11-21)15-9-18-20-19-15/h1-4,9,12,23H,5-8,10-11H2,(H,18,19,20)/t17-/m1/s1. The number of hydrogen-bond donors (Lipinski definition) is 2. The minimum absolute atomic E-state index is 0.124. The SMILES string of the molecule is O=C(c1ccccc1OCC1CC1)N1CC[C@](O)(c2cn[nH]n2)C1. The van der Waals surface area contributed by atoms with Crippen LogP contribution < -0.4 is 4.74 Å². The molecule has 0 radical (unpaired) electrons. The number of nitrogens with zero attached hydrogens (tertiary/aromatic N) is 3. The van der Waals surface area contributed by atoms with Crippen LogP contribution in [0.1, 0.15) is 35.3 Å². The highest BCUT2D eigenvalue weighted by atomic mass is 16.5. The van der Waals surface area contributed by atoms with Gasteiger partial charge in [0.05, 0.1) is 24.9 Å². The zero-order valence-electron chi connectivity index (χ0n) is 13.3. The van der Waals surface area contributed by atoms with Crippen molar-refractivity contribution < 1.29 is 14.6 Å². The Balaban J connectivity index is 1.50. The summed E-state index contributed by atoms with van der Waals surface area (Å²) in [7, 11) is 0. The third-order valence-electron chi connectivity index (χ3n) is 4.72. The van der Waals surface area contributed by atoms with Crippen LogP contribution in [0.3, 0.4) is 0 Å². The number of H-pyrrole nitrogens is 1. The van der Waals surface area contributed by atoms with Crippen LogP contribution in [-0.2, 0) is 5.60 Å². The Morgan fingerprint density at radius 3 is 3.00 bits per heavy atom. The average Bonchev–Trinajstić information content (AvgIpc) is 3.09. The smallest absolute Gasteiger partial charge is 0.257 e. The molecule has 7 nitrogen and oxygen atoms in total. The van der Waals surface area contributed by atoms with Crippen LogP contribution in [0.4, 0.5) is 0 Å². The summed E-state index contributed by atoms with van der Waals surface area (Å²) in [6, 6.07) is 7.30. The first-order valence-electron chi connectivity index (χ1n) is 8.25. The molecular formula is C17H20N4O3. The van der Waals surface area contributed by atoms with E-state index in [1.54, 1.807) is 11.0 Å². The molecule has 1 aliphatic carbocycles. The maximum Gasteiger partial charge on any atom is 0.257 e. The number of amides is 1. The molecule has 2 heterocycles. The van der Waals surface area contributed by atoms with Crippen molar-refractivity contribution in [2.75, 3.05) is 19.7 Å². The molecule has 0 spiro atoms. The summed E-state index contributed by atoms with van der Waals surface area (Å²) in [5.41, 5.74) is -0.134. The normalized spacial score (nSPS) is 23.5. The van der Waals surface area contributed by atoms with Gasteiger partial charge in [0.2, 0.25) is 0 Å². The van der Waals surface area contributed by atoms with E-state index in [2.05, 4.69) is 15.4 Å². The van der Waals surface area contributed by atoms with Crippen LogP contribution in [0.5, 0.6) is 5.75 Å². The van der Waals surface area contributed by atoms with Crippen molar-refractivity contribution in [2.24, 2.45) is 5.92 Å². The largest absolute Gasteiger partial charge is 0.492 e. The number of para-hydroxylation sites is 1. The van der Waals surface area contributed by atoms with Crippen LogP contribution in [0.25, 0.3) is 0 Å². The average molecular weight is 328 g/mol. The first-order valence-corrected chi connectivity index (χ1v) is 8.25. The lowest BCUT2D eigenvalue weighted by Gasteiger charge is -2.22. The number of carbonyl (C=O) groups excluding carboxylic acids is 1. The second-order valence-electron chi connectivity index (χ2n) is 6.61. The molecule has 24 heavy (non-hydrogen) atoms. The Morgan fingerprint density at radius 1 is 1.42 bits per heavy atom. The van der Waals surface area contributed by atoms with Crippen LogP contribution >= 0.6 is 0 Å². The number of benzene rings is 1. The van der Waals surface area contributed by atoms with Gasteiger partial charge in [-0.05, 0) is 30.9 Å². The number of aromatic amines is 1. The van der Waals surface area contributed by atoms with E-state index in [-0.39, 0.29) is 12.5 Å². The molecule has 1 aromatic heterocycles. The van der Waals surface area contributed by atoms with Crippen molar-refractivity contribution in [1.82, 2.24) is 20.3 Å². The van der Waals surface area contributed by atoms with Gasteiger partial charge in [0.25, 0.3) is 5.91 Å². The van der Waals surface area contributed by atoms with Gasteiger partial charge >= 0.3 is 0 Å². The molecule has 1 aromatic carbocycles. The molecule has 2 aromatic rings. The van der Waals surface area contributed by atoms with Gasteiger partial charge in [0.15, 0.2) is 0 Å². The number of nitrogens with one attached hydrogen (secondary N) is 1. The fraction of sp³-hybridized carbons (Fsp3) is 0.471. The lowest BCUT2D eigenvalue weighted by Crippen LogP contribution is -2.34. The summed E-state index contributed by atoms with van der Waals surface area (Å²) in [6.07, 6.45) is 4.34. The van der Waals surface area contributed by atoms with Crippen molar-refractivity contribution >= 4 is 5.91 Å². The second kappa shape index (κ2) is 5.90. The van der Waals surface area contributed by atoms with Crippen molar-refractivity contribution in [3.63, 3.8) is 0 Å². The Kier molecular flexibility index (Phi) is 3.72. The third kappa shape index (κ3) is 2.87. The lowest BCUT2D eigenvalue weighted by molar-refractivity contribution is 0.0381. The number of hydrogen-bond acceptors (Lipinski definition) is 5. The van der Waals surface area contributed by atoms with Crippen LogP contribution in [-0.4, -0.2) is 51.0 Å². The molecule has 0 unspecified atom stereocenters. The number of aromatic nitrogens is 3. The quantitative estimate of drug-likeness (QED) is 0.864. The molecule has 1 aliphatic heterocycles. The fourth-order valence-corrected chi connectivity index (χ4v) is 3.03. The van der Waals surface area contributed by atoms with E-state index < -0.39 is 5.60 Å². The molecule has 2 N–H and O–H groups in total. The molecule has 2 aliphatic rings. The summed E-state index contributed by atoms with van der Waals surface area (Å²) >= 11 is 0. The molecule has 1 saturated heterocycles.